The number of carboxylic acids is 1. The van der Waals surface area contributed by atoms with E-state index in [1.807, 2.05) is 24.3 Å². The average molecular weight is 541 g/mol. The van der Waals surface area contributed by atoms with E-state index in [0.29, 0.717) is 17.6 Å². The minimum absolute atomic E-state index is 0.0589. The van der Waals surface area contributed by atoms with E-state index < -0.39 is 24.7 Å². The summed E-state index contributed by atoms with van der Waals surface area (Å²) in [6.45, 7) is 2.08. The van der Waals surface area contributed by atoms with E-state index in [1.54, 1.807) is 0 Å². The molecule has 2 atom stereocenters. The number of nitrogen functional groups attached to an aromatic ring is 1. The van der Waals surface area contributed by atoms with Gasteiger partial charge in [0.2, 0.25) is 11.9 Å². The number of nitrogens with one attached hydrogen (secondary N) is 1. The van der Waals surface area contributed by atoms with Crippen LogP contribution >= 0.6 is 11.6 Å². The van der Waals surface area contributed by atoms with E-state index in [4.69, 9.17) is 32.0 Å². The first-order chi connectivity index (χ1) is 16.9. The Hall–Kier alpha value is -2.71. The summed E-state index contributed by atoms with van der Waals surface area (Å²) in [6.07, 6.45) is -6.15. The van der Waals surface area contributed by atoms with Crippen LogP contribution in [-0.4, -0.2) is 88.2 Å². The van der Waals surface area contributed by atoms with Crippen molar-refractivity contribution in [1.82, 2.24) is 20.1 Å². The van der Waals surface area contributed by atoms with Gasteiger partial charge in [0.15, 0.2) is 0 Å². The number of ether oxygens (including phenoxy) is 1. The van der Waals surface area contributed by atoms with E-state index in [2.05, 4.69) is 25.0 Å². The number of anilines is 2. The largest absolute Gasteiger partial charge is 0.490 e. The summed E-state index contributed by atoms with van der Waals surface area (Å²) >= 11 is 5.98. The summed E-state index contributed by atoms with van der Waals surface area (Å²) in [4.78, 5) is 16.2. The van der Waals surface area contributed by atoms with Crippen molar-refractivity contribution in [1.29, 1.82) is 0 Å². The highest BCUT2D eigenvalue weighted by Crippen LogP contribution is 2.28. The lowest BCUT2D eigenvalue weighted by atomic mass is 9.96. The molecule has 4 rings (SSSR count). The van der Waals surface area contributed by atoms with Crippen LogP contribution in [0.3, 0.4) is 0 Å². The number of alkyl halides is 5. The van der Waals surface area contributed by atoms with E-state index in [0.717, 1.165) is 37.9 Å². The smallest absolute Gasteiger partial charge is 0.475 e. The molecule has 0 radical (unpaired) electrons. The van der Waals surface area contributed by atoms with Crippen LogP contribution in [0.2, 0.25) is 5.02 Å². The molecular formula is C21H26ClF5N6O3. The molecule has 15 heteroatoms. The van der Waals surface area contributed by atoms with E-state index >= 15 is 0 Å². The van der Waals surface area contributed by atoms with Gasteiger partial charge in [0, 0.05) is 36.7 Å². The van der Waals surface area contributed by atoms with Crippen LogP contribution < -0.4 is 10.6 Å². The number of hydrogen-bond donors (Lipinski definition) is 3. The normalized spacial score (nSPS) is 21.8. The van der Waals surface area contributed by atoms with Gasteiger partial charge in [0.1, 0.15) is 6.10 Å². The van der Waals surface area contributed by atoms with Crippen molar-refractivity contribution in [2.45, 2.75) is 50.1 Å². The maximum Gasteiger partial charge on any atom is 0.490 e. The fourth-order valence-corrected chi connectivity index (χ4v) is 4.35. The molecule has 4 N–H and O–H groups in total. The molecule has 1 aromatic carbocycles. The molecule has 0 amide bonds. The Morgan fingerprint density at radius 3 is 2.33 bits per heavy atom. The molecule has 3 heterocycles. The number of H-pyrrole nitrogens is 1. The molecule has 2 aliphatic rings. The second kappa shape index (κ2) is 12.0. The number of aromatic amines is 1. The van der Waals surface area contributed by atoms with Gasteiger partial charge in [-0.1, -0.05) is 23.7 Å². The number of piperidine rings is 1. The van der Waals surface area contributed by atoms with E-state index in [-0.39, 0.29) is 24.6 Å². The zero-order valence-electron chi connectivity index (χ0n) is 19.0. The summed E-state index contributed by atoms with van der Waals surface area (Å²) < 4.78 is 63.9. The van der Waals surface area contributed by atoms with Crippen molar-refractivity contribution in [2.24, 2.45) is 0 Å². The lowest BCUT2D eigenvalue weighted by molar-refractivity contribution is -0.192. The third-order valence-electron chi connectivity index (χ3n) is 6.00. The van der Waals surface area contributed by atoms with E-state index in [9.17, 15) is 22.0 Å². The van der Waals surface area contributed by atoms with Crippen LogP contribution in [0.15, 0.2) is 24.3 Å². The summed E-state index contributed by atoms with van der Waals surface area (Å²) in [7, 11) is 0. The Morgan fingerprint density at radius 1 is 1.22 bits per heavy atom. The topological polar surface area (TPSA) is 121 Å². The number of morpholine rings is 1. The Labute approximate surface area is 208 Å². The van der Waals surface area contributed by atoms with Crippen molar-refractivity contribution in [3.05, 3.63) is 34.9 Å². The Morgan fingerprint density at radius 2 is 1.83 bits per heavy atom. The number of aromatic nitrogens is 3. The first-order valence-electron chi connectivity index (χ1n) is 11.1. The molecule has 2 fully saturated rings. The van der Waals surface area contributed by atoms with Crippen molar-refractivity contribution in [3.8, 4) is 0 Å². The van der Waals surface area contributed by atoms with Gasteiger partial charge in [-0.2, -0.15) is 13.2 Å². The van der Waals surface area contributed by atoms with Gasteiger partial charge in [0.05, 0.1) is 6.61 Å². The molecular weight excluding hydrogens is 515 g/mol. The number of halogens is 6. The number of benzene rings is 1. The van der Waals surface area contributed by atoms with Gasteiger partial charge in [-0.3, -0.25) is 9.88 Å². The van der Waals surface area contributed by atoms with Crippen LogP contribution in [0.5, 0.6) is 0 Å². The average Bonchev–Trinajstić information content (AvgIpc) is 3.27. The fraction of sp³-hybridized carbons (Fsp3) is 0.571. The zero-order valence-corrected chi connectivity index (χ0v) is 19.7. The Bertz CT molecular complexity index is 985. The van der Waals surface area contributed by atoms with Crippen LogP contribution in [0, 0.1) is 0 Å². The van der Waals surface area contributed by atoms with Gasteiger partial charge in [-0.15, -0.1) is 10.2 Å². The van der Waals surface area contributed by atoms with Gasteiger partial charge in [0.25, 0.3) is 6.43 Å². The maximum atomic E-state index is 13.3. The highest BCUT2D eigenvalue weighted by Gasteiger charge is 2.39. The van der Waals surface area contributed by atoms with E-state index in [1.165, 1.54) is 0 Å². The number of rotatable bonds is 5. The lowest BCUT2D eigenvalue weighted by Gasteiger charge is -2.46. The van der Waals surface area contributed by atoms with Crippen LogP contribution in [0.1, 0.15) is 18.4 Å². The summed E-state index contributed by atoms with van der Waals surface area (Å²) in [5.41, 5.74) is 6.74. The minimum Gasteiger partial charge on any atom is -0.475 e. The quantitative estimate of drug-likeness (QED) is 0.495. The second-order valence-electron chi connectivity index (χ2n) is 8.44. The van der Waals surface area contributed by atoms with Crippen LogP contribution in [0.4, 0.5) is 33.8 Å². The summed E-state index contributed by atoms with van der Waals surface area (Å²) in [5, 5.41) is 15.7. The molecule has 0 spiro atoms. The van der Waals surface area contributed by atoms with Crippen molar-refractivity contribution >= 4 is 29.5 Å². The first kappa shape index (κ1) is 27.9. The maximum absolute atomic E-state index is 13.3. The van der Waals surface area contributed by atoms with Crippen molar-refractivity contribution < 1.29 is 36.6 Å². The molecule has 36 heavy (non-hydrogen) atoms. The highest BCUT2D eigenvalue weighted by molar-refractivity contribution is 6.30. The molecule has 2 saturated heterocycles. The monoisotopic (exact) mass is 540 g/mol. The van der Waals surface area contributed by atoms with Crippen LogP contribution in [0.25, 0.3) is 0 Å². The van der Waals surface area contributed by atoms with Gasteiger partial charge < -0.3 is 20.5 Å². The number of nitrogens with two attached hydrogens (primary N) is 1. The molecule has 0 saturated carbocycles. The minimum atomic E-state index is -5.08. The number of hydrogen-bond acceptors (Lipinski definition) is 7. The molecule has 2 aromatic rings. The van der Waals surface area contributed by atoms with Crippen LogP contribution in [-0.2, 0) is 16.0 Å². The zero-order chi connectivity index (χ0) is 26.5. The Kier molecular flexibility index (Phi) is 9.30. The fourth-order valence-electron chi connectivity index (χ4n) is 4.23. The van der Waals surface area contributed by atoms with Crippen molar-refractivity contribution in [2.75, 3.05) is 36.9 Å². The first-order valence-corrected chi connectivity index (χ1v) is 11.4. The molecule has 9 nitrogen and oxygen atoms in total. The van der Waals surface area contributed by atoms with Gasteiger partial charge >= 0.3 is 12.1 Å². The molecule has 0 unspecified atom stereocenters. The number of nitrogens with zero attached hydrogens (tertiary/aromatic N) is 4. The molecule has 0 bridgehead atoms. The third-order valence-corrected chi connectivity index (χ3v) is 6.25. The SMILES string of the molecule is Nc1nnc(N2CCC(N3C[C@H](C(F)F)OC[C@@H]3Cc3ccc(Cl)cc3)CC2)[nH]1.O=C(O)C(F)(F)F. The predicted octanol–water partition coefficient (Wildman–Crippen LogP) is 3.22. The highest BCUT2D eigenvalue weighted by atomic mass is 35.5. The van der Waals surface area contributed by atoms with Gasteiger partial charge in [-0.05, 0) is 37.0 Å². The summed E-state index contributed by atoms with van der Waals surface area (Å²) in [6, 6.07) is 7.95. The predicted molar refractivity (Wildman–Crippen MR) is 121 cm³/mol. The standard InChI is InChI=1S/C19H25ClF2N6O.C2HF3O2/c20-13-3-1-12(2-4-13)9-15-11-29-16(17(21)22)10-28(15)14-5-7-27(8-6-14)19-24-18(23)25-26-19;3-2(4,5)1(6)7/h1-4,14-17H,5-11H2,(H3,23,24,25,26);(H,6,7)/t15-,16+;/m0./s1. The molecule has 2 aliphatic heterocycles. The molecule has 0 aliphatic carbocycles. The summed E-state index contributed by atoms with van der Waals surface area (Å²) in [5.74, 6) is -1.81. The Balaban J connectivity index is 0.000000454. The molecule has 200 valence electrons. The number of carboxylic acid groups (broad SMARTS) is 1. The van der Waals surface area contributed by atoms with Gasteiger partial charge in [-0.25, -0.2) is 13.6 Å². The second-order valence-corrected chi connectivity index (χ2v) is 8.88. The lowest BCUT2D eigenvalue weighted by Crippen LogP contribution is -2.58. The third kappa shape index (κ3) is 7.64. The molecule has 1 aromatic heterocycles. The number of carbonyl (C=O) groups is 1. The van der Waals surface area contributed by atoms with Crippen molar-refractivity contribution in [3.63, 3.8) is 0 Å². The number of aliphatic carboxylic acids is 1.